The van der Waals surface area contributed by atoms with Crippen LogP contribution in [0.3, 0.4) is 0 Å². The molecule has 2 aromatic rings. The first kappa shape index (κ1) is 18.3. The summed E-state index contributed by atoms with van der Waals surface area (Å²) >= 11 is 1.43. The fourth-order valence-electron chi connectivity index (χ4n) is 2.10. The number of halogens is 2. The van der Waals surface area contributed by atoms with Gasteiger partial charge >= 0.3 is 0 Å². The van der Waals surface area contributed by atoms with E-state index in [-0.39, 0.29) is 25.4 Å². The van der Waals surface area contributed by atoms with Crippen LogP contribution in [0.4, 0.5) is 14.5 Å². The maximum Gasteiger partial charge on any atom is 0.232 e. The first-order valence-corrected chi connectivity index (χ1v) is 9.72. The van der Waals surface area contributed by atoms with Crippen LogP contribution in [0.5, 0.6) is 0 Å². The molecule has 0 aliphatic rings. The normalized spacial score (nSPS) is 11.3. The highest BCUT2D eigenvalue weighted by atomic mass is 32.2. The van der Waals surface area contributed by atoms with E-state index in [4.69, 9.17) is 0 Å². The summed E-state index contributed by atoms with van der Waals surface area (Å²) in [6, 6.07) is 6.73. The van der Waals surface area contributed by atoms with E-state index in [0.29, 0.717) is 4.31 Å². The van der Waals surface area contributed by atoms with Crippen LogP contribution in [-0.2, 0) is 21.2 Å². The monoisotopic (exact) mass is 374 g/mol. The average molecular weight is 374 g/mol. The molecule has 24 heavy (non-hydrogen) atoms. The highest BCUT2D eigenvalue weighted by molar-refractivity contribution is 7.92. The van der Waals surface area contributed by atoms with Crippen molar-refractivity contribution in [1.29, 1.82) is 0 Å². The molecule has 0 spiro atoms. The molecule has 2 rings (SSSR count). The second-order valence-corrected chi connectivity index (χ2v) is 7.95. The molecule has 130 valence electrons. The first-order valence-electron chi connectivity index (χ1n) is 7.00. The van der Waals surface area contributed by atoms with Crippen LogP contribution in [0.15, 0.2) is 35.7 Å². The zero-order valence-electron chi connectivity index (χ0n) is 12.8. The van der Waals surface area contributed by atoms with Crippen molar-refractivity contribution in [2.45, 2.75) is 6.42 Å². The highest BCUT2D eigenvalue weighted by Gasteiger charge is 2.24. The molecule has 1 amide bonds. The molecule has 1 aromatic carbocycles. The summed E-state index contributed by atoms with van der Waals surface area (Å²) < 4.78 is 52.0. The summed E-state index contributed by atoms with van der Waals surface area (Å²) in [5.41, 5.74) is -0.646. The van der Waals surface area contributed by atoms with Crippen molar-refractivity contribution < 1.29 is 22.0 Å². The van der Waals surface area contributed by atoms with E-state index in [2.05, 4.69) is 5.32 Å². The van der Waals surface area contributed by atoms with Gasteiger partial charge in [-0.1, -0.05) is 12.1 Å². The number of anilines is 1. The number of nitrogens with one attached hydrogen (secondary N) is 1. The third kappa shape index (κ3) is 4.75. The van der Waals surface area contributed by atoms with Gasteiger partial charge in [-0.05, 0) is 23.6 Å². The van der Waals surface area contributed by atoms with Gasteiger partial charge in [-0.3, -0.25) is 9.10 Å². The Bertz CT molecular complexity index is 788. The van der Waals surface area contributed by atoms with E-state index < -0.39 is 27.3 Å². The first-order chi connectivity index (χ1) is 11.3. The molecule has 0 saturated heterocycles. The Morgan fingerprint density at radius 3 is 2.42 bits per heavy atom. The van der Waals surface area contributed by atoms with Crippen LogP contribution in [-0.4, -0.2) is 33.7 Å². The average Bonchev–Trinajstić information content (AvgIpc) is 2.97. The van der Waals surface area contributed by atoms with Crippen LogP contribution in [0.1, 0.15) is 4.88 Å². The third-order valence-electron chi connectivity index (χ3n) is 3.14. The van der Waals surface area contributed by atoms with Crippen molar-refractivity contribution in [3.63, 3.8) is 0 Å². The van der Waals surface area contributed by atoms with E-state index in [1.54, 1.807) is 0 Å². The van der Waals surface area contributed by atoms with E-state index >= 15 is 0 Å². The minimum atomic E-state index is -3.91. The Labute approximate surface area is 143 Å². The van der Waals surface area contributed by atoms with Gasteiger partial charge in [-0.15, -0.1) is 11.3 Å². The van der Waals surface area contributed by atoms with Gasteiger partial charge < -0.3 is 5.32 Å². The number of thiophene rings is 1. The molecule has 9 heteroatoms. The SMILES string of the molecule is CS(=O)(=O)N(CCNC(=O)Cc1cccs1)c1c(F)cccc1F. The maximum atomic E-state index is 13.8. The molecule has 1 aromatic heterocycles. The van der Waals surface area contributed by atoms with Gasteiger partial charge in [-0.2, -0.15) is 0 Å². The minimum absolute atomic E-state index is 0.0644. The summed E-state index contributed by atoms with van der Waals surface area (Å²) in [6.45, 7) is -0.335. The maximum absolute atomic E-state index is 13.8. The van der Waals surface area contributed by atoms with E-state index in [1.807, 2.05) is 17.5 Å². The number of sulfonamides is 1. The molecule has 5 nitrogen and oxygen atoms in total. The largest absolute Gasteiger partial charge is 0.354 e. The van der Waals surface area contributed by atoms with Gasteiger partial charge in [-0.25, -0.2) is 17.2 Å². The fourth-order valence-corrected chi connectivity index (χ4v) is 3.73. The fraction of sp³-hybridized carbons (Fsp3) is 0.267. The number of carbonyl (C=O) groups is 1. The summed E-state index contributed by atoms with van der Waals surface area (Å²) in [6.07, 6.45) is 1.02. The molecular weight excluding hydrogens is 358 g/mol. The lowest BCUT2D eigenvalue weighted by Gasteiger charge is -2.23. The Morgan fingerprint density at radius 1 is 1.21 bits per heavy atom. The number of carbonyl (C=O) groups excluding carboxylic acids is 1. The molecule has 0 fully saturated rings. The second-order valence-electron chi connectivity index (χ2n) is 5.01. The molecule has 1 N–H and O–H groups in total. The third-order valence-corrected chi connectivity index (χ3v) is 5.18. The number of benzene rings is 1. The molecule has 0 bridgehead atoms. The van der Waals surface area contributed by atoms with Crippen molar-refractivity contribution >= 4 is 33.0 Å². The lowest BCUT2D eigenvalue weighted by molar-refractivity contribution is -0.120. The molecule has 0 atom stereocenters. The van der Waals surface area contributed by atoms with Gasteiger partial charge in [0, 0.05) is 11.4 Å². The zero-order valence-corrected chi connectivity index (χ0v) is 14.5. The van der Waals surface area contributed by atoms with Crippen molar-refractivity contribution in [2.24, 2.45) is 0 Å². The molecule has 0 radical (unpaired) electrons. The number of nitrogens with zero attached hydrogens (tertiary/aromatic N) is 1. The summed E-state index contributed by atoms with van der Waals surface area (Å²) in [5.74, 6) is -2.25. The molecule has 1 heterocycles. The summed E-state index contributed by atoms with van der Waals surface area (Å²) in [7, 11) is -3.91. The predicted molar refractivity (Wildman–Crippen MR) is 89.6 cm³/mol. The van der Waals surface area contributed by atoms with Gasteiger partial charge in [0.05, 0.1) is 19.2 Å². The van der Waals surface area contributed by atoms with Crippen LogP contribution in [0.25, 0.3) is 0 Å². The quantitative estimate of drug-likeness (QED) is 0.808. The van der Waals surface area contributed by atoms with E-state index in [0.717, 1.165) is 29.3 Å². The zero-order chi connectivity index (χ0) is 17.7. The van der Waals surface area contributed by atoms with E-state index in [1.165, 1.54) is 11.3 Å². The van der Waals surface area contributed by atoms with Crippen molar-refractivity contribution in [3.8, 4) is 0 Å². The molecule has 0 aliphatic heterocycles. The second kappa shape index (κ2) is 7.71. The Hall–Kier alpha value is -2.00. The molecule has 0 unspecified atom stereocenters. The van der Waals surface area contributed by atoms with Gasteiger partial charge in [0.15, 0.2) is 11.6 Å². The van der Waals surface area contributed by atoms with Gasteiger partial charge in [0.1, 0.15) is 5.69 Å². The van der Waals surface area contributed by atoms with Crippen molar-refractivity contribution in [3.05, 3.63) is 52.2 Å². The standard InChI is InChI=1S/C15H16F2N2O3S2/c1-24(21,22)19(15-12(16)5-2-6-13(15)17)8-7-18-14(20)10-11-4-3-9-23-11/h2-6,9H,7-8,10H2,1H3,(H,18,20). The summed E-state index contributed by atoms with van der Waals surface area (Å²) in [5, 5.41) is 4.39. The molecular formula is C15H16F2N2O3S2. The lowest BCUT2D eigenvalue weighted by Crippen LogP contribution is -2.39. The number of hydrogen-bond acceptors (Lipinski definition) is 4. The Kier molecular flexibility index (Phi) is 5.89. The van der Waals surface area contributed by atoms with Crippen LogP contribution in [0, 0.1) is 11.6 Å². The number of rotatable bonds is 7. The Morgan fingerprint density at radius 2 is 1.88 bits per heavy atom. The smallest absolute Gasteiger partial charge is 0.232 e. The van der Waals surface area contributed by atoms with Crippen LogP contribution < -0.4 is 9.62 Å². The van der Waals surface area contributed by atoms with Gasteiger partial charge in [0.2, 0.25) is 15.9 Å². The topological polar surface area (TPSA) is 66.5 Å². The van der Waals surface area contributed by atoms with Crippen LogP contribution in [0.2, 0.25) is 0 Å². The van der Waals surface area contributed by atoms with Gasteiger partial charge in [0.25, 0.3) is 0 Å². The highest BCUT2D eigenvalue weighted by Crippen LogP contribution is 2.24. The summed E-state index contributed by atoms with van der Waals surface area (Å²) in [4.78, 5) is 12.7. The van der Waals surface area contributed by atoms with E-state index in [9.17, 15) is 22.0 Å². The van der Waals surface area contributed by atoms with Crippen molar-refractivity contribution in [2.75, 3.05) is 23.7 Å². The number of hydrogen-bond donors (Lipinski definition) is 1. The van der Waals surface area contributed by atoms with Crippen LogP contribution >= 0.6 is 11.3 Å². The predicted octanol–water partition coefficient (Wildman–Crippen LogP) is 2.15. The number of amides is 1. The lowest BCUT2D eigenvalue weighted by atomic mass is 10.3. The molecule has 0 saturated carbocycles. The molecule has 0 aliphatic carbocycles. The number of para-hydroxylation sites is 1. The van der Waals surface area contributed by atoms with Crippen molar-refractivity contribution in [1.82, 2.24) is 5.32 Å². The Balaban J connectivity index is 2.04. The minimum Gasteiger partial charge on any atom is -0.354 e.